The van der Waals surface area contributed by atoms with Crippen LogP contribution in [0.5, 0.6) is 0 Å². The molecule has 0 fully saturated rings. The van der Waals surface area contributed by atoms with Gasteiger partial charge in [-0.1, -0.05) is 12.2 Å². The second kappa shape index (κ2) is 4.69. The first kappa shape index (κ1) is 12.4. The summed E-state index contributed by atoms with van der Waals surface area (Å²) < 4.78 is 2.83. The van der Waals surface area contributed by atoms with Gasteiger partial charge in [0.15, 0.2) is 0 Å². The van der Waals surface area contributed by atoms with Crippen molar-refractivity contribution in [3.8, 4) is 5.69 Å². The van der Waals surface area contributed by atoms with E-state index >= 15 is 0 Å². The fourth-order valence-corrected chi connectivity index (χ4v) is 2.37. The Kier molecular flexibility index (Phi) is 3.43. The summed E-state index contributed by atoms with van der Waals surface area (Å²) >= 11 is 7.29. The van der Waals surface area contributed by atoms with Gasteiger partial charge in [0.05, 0.1) is 21.0 Å². The van der Waals surface area contributed by atoms with Gasteiger partial charge in [-0.15, -0.1) is 0 Å². The molecule has 2 N–H and O–H groups in total. The molecular formula is C11H11IN4S. The zero-order chi connectivity index (χ0) is 12.6. The summed E-state index contributed by atoms with van der Waals surface area (Å²) in [6, 6.07) is 1.94. The second-order valence-electron chi connectivity index (χ2n) is 3.71. The van der Waals surface area contributed by atoms with Crippen molar-refractivity contribution in [3.63, 3.8) is 0 Å². The monoisotopic (exact) mass is 358 g/mol. The number of nitrogens with zero attached hydrogens (tertiary/aromatic N) is 3. The van der Waals surface area contributed by atoms with Crippen LogP contribution in [0, 0.1) is 17.4 Å². The largest absolute Gasteiger partial charge is 0.389 e. The highest BCUT2D eigenvalue weighted by Gasteiger charge is 2.13. The molecule has 0 bridgehead atoms. The minimum absolute atomic E-state index is 0.343. The number of thiocarbonyl (C=S) groups is 1. The molecule has 0 saturated heterocycles. The van der Waals surface area contributed by atoms with E-state index < -0.39 is 0 Å². The average Bonchev–Trinajstić information content (AvgIpc) is 2.62. The van der Waals surface area contributed by atoms with E-state index in [0.29, 0.717) is 4.99 Å². The number of aromatic nitrogens is 3. The molecule has 0 amide bonds. The number of hydrogen-bond donors (Lipinski definition) is 1. The molecule has 2 aromatic heterocycles. The molecule has 0 spiro atoms. The molecule has 0 radical (unpaired) electrons. The molecule has 88 valence electrons. The SMILES string of the molecule is Cc1cc(-n2cc(I)cn2)c(C(N)=S)c(C)n1. The summed E-state index contributed by atoms with van der Waals surface area (Å²) in [5.74, 6) is 0. The number of aryl methyl sites for hydroxylation is 2. The maximum Gasteiger partial charge on any atom is 0.108 e. The summed E-state index contributed by atoms with van der Waals surface area (Å²) in [6.07, 6.45) is 3.71. The number of nitrogens with two attached hydrogens (primary N) is 1. The molecule has 2 aromatic rings. The molecule has 2 rings (SSSR count). The van der Waals surface area contributed by atoms with Crippen LogP contribution in [-0.2, 0) is 0 Å². The maximum atomic E-state index is 5.76. The fourth-order valence-electron chi connectivity index (χ4n) is 1.73. The van der Waals surface area contributed by atoms with Crippen LogP contribution >= 0.6 is 34.8 Å². The van der Waals surface area contributed by atoms with Gasteiger partial charge < -0.3 is 5.73 Å². The summed E-state index contributed by atoms with van der Waals surface area (Å²) in [6.45, 7) is 3.84. The van der Waals surface area contributed by atoms with Gasteiger partial charge in [0.1, 0.15) is 4.99 Å². The molecule has 0 aliphatic heterocycles. The predicted octanol–water partition coefficient (Wildman–Crippen LogP) is 2.12. The lowest BCUT2D eigenvalue weighted by Gasteiger charge is -2.11. The second-order valence-corrected chi connectivity index (χ2v) is 5.40. The molecule has 0 aromatic carbocycles. The van der Waals surface area contributed by atoms with Crippen LogP contribution in [0.25, 0.3) is 5.69 Å². The van der Waals surface area contributed by atoms with E-state index in [9.17, 15) is 0 Å². The van der Waals surface area contributed by atoms with Gasteiger partial charge in [-0.2, -0.15) is 5.10 Å². The van der Waals surface area contributed by atoms with Gasteiger partial charge in [0, 0.05) is 17.6 Å². The molecule has 2 heterocycles. The topological polar surface area (TPSA) is 56.7 Å². The Bertz CT molecular complexity index is 591. The van der Waals surface area contributed by atoms with Crippen LogP contribution in [0.2, 0.25) is 0 Å². The first-order valence-corrected chi connectivity index (χ1v) is 6.46. The predicted molar refractivity (Wildman–Crippen MR) is 79.4 cm³/mol. The summed E-state index contributed by atoms with van der Waals surface area (Å²) in [4.78, 5) is 4.72. The van der Waals surface area contributed by atoms with Crippen LogP contribution < -0.4 is 5.73 Å². The third-order valence-corrected chi connectivity index (χ3v) is 3.11. The molecule has 0 unspecified atom stereocenters. The maximum absolute atomic E-state index is 5.76. The third-order valence-electron chi connectivity index (χ3n) is 2.35. The van der Waals surface area contributed by atoms with E-state index in [0.717, 1.165) is 26.2 Å². The van der Waals surface area contributed by atoms with Crippen molar-refractivity contribution >= 4 is 39.8 Å². The third kappa shape index (κ3) is 2.47. The number of halogens is 1. The van der Waals surface area contributed by atoms with E-state index in [1.54, 1.807) is 10.9 Å². The van der Waals surface area contributed by atoms with Gasteiger partial charge in [0.25, 0.3) is 0 Å². The van der Waals surface area contributed by atoms with E-state index in [1.807, 2.05) is 26.1 Å². The Balaban J connectivity index is 2.71. The summed E-state index contributed by atoms with van der Waals surface area (Å²) in [5, 5.41) is 4.28. The molecule has 0 aliphatic rings. The van der Waals surface area contributed by atoms with Crippen molar-refractivity contribution in [1.82, 2.24) is 14.8 Å². The van der Waals surface area contributed by atoms with Gasteiger partial charge in [-0.05, 0) is 42.5 Å². The zero-order valence-electron chi connectivity index (χ0n) is 9.44. The fraction of sp³-hybridized carbons (Fsp3) is 0.182. The lowest BCUT2D eigenvalue weighted by atomic mass is 10.1. The Hall–Kier alpha value is -1.02. The van der Waals surface area contributed by atoms with Crippen molar-refractivity contribution in [3.05, 3.63) is 39.0 Å². The van der Waals surface area contributed by atoms with E-state index in [1.165, 1.54) is 0 Å². The number of hydrogen-bond acceptors (Lipinski definition) is 3. The van der Waals surface area contributed by atoms with Gasteiger partial charge in [-0.3, -0.25) is 4.98 Å². The Morgan fingerprint density at radius 3 is 2.71 bits per heavy atom. The Morgan fingerprint density at radius 1 is 1.47 bits per heavy atom. The molecule has 4 nitrogen and oxygen atoms in total. The lowest BCUT2D eigenvalue weighted by molar-refractivity contribution is 0.868. The van der Waals surface area contributed by atoms with Crippen LogP contribution in [0.4, 0.5) is 0 Å². The first-order chi connectivity index (χ1) is 7.99. The Labute approximate surface area is 118 Å². The minimum Gasteiger partial charge on any atom is -0.389 e. The average molecular weight is 358 g/mol. The van der Waals surface area contributed by atoms with Crippen molar-refractivity contribution in [2.24, 2.45) is 5.73 Å². The zero-order valence-corrected chi connectivity index (χ0v) is 12.4. The van der Waals surface area contributed by atoms with E-state index in [2.05, 4.69) is 32.7 Å². The summed E-state index contributed by atoms with van der Waals surface area (Å²) in [5.41, 5.74) is 9.17. The van der Waals surface area contributed by atoms with Gasteiger partial charge >= 0.3 is 0 Å². The van der Waals surface area contributed by atoms with Crippen molar-refractivity contribution in [2.75, 3.05) is 0 Å². The molecular weight excluding hydrogens is 347 g/mol. The lowest BCUT2D eigenvalue weighted by Crippen LogP contribution is -2.17. The quantitative estimate of drug-likeness (QED) is 0.660. The summed E-state index contributed by atoms with van der Waals surface area (Å²) in [7, 11) is 0. The van der Waals surface area contributed by atoms with E-state index in [-0.39, 0.29) is 0 Å². The van der Waals surface area contributed by atoms with Crippen LogP contribution in [0.15, 0.2) is 18.5 Å². The Morgan fingerprint density at radius 2 is 2.18 bits per heavy atom. The number of rotatable bonds is 2. The highest BCUT2D eigenvalue weighted by molar-refractivity contribution is 14.1. The molecule has 0 atom stereocenters. The van der Waals surface area contributed by atoms with Crippen molar-refractivity contribution in [1.29, 1.82) is 0 Å². The molecule has 0 aliphatic carbocycles. The van der Waals surface area contributed by atoms with Crippen LogP contribution in [-0.4, -0.2) is 19.8 Å². The normalized spacial score (nSPS) is 10.5. The van der Waals surface area contributed by atoms with Gasteiger partial charge in [-0.25, -0.2) is 4.68 Å². The highest BCUT2D eigenvalue weighted by Crippen LogP contribution is 2.19. The highest BCUT2D eigenvalue weighted by atomic mass is 127. The van der Waals surface area contributed by atoms with Crippen molar-refractivity contribution < 1.29 is 0 Å². The van der Waals surface area contributed by atoms with Crippen LogP contribution in [0.3, 0.4) is 0 Å². The minimum atomic E-state index is 0.343. The molecule has 0 saturated carbocycles. The van der Waals surface area contributed by atoms with E-state index in [4.69, 9.17) is 18.0 Å². The molecule has 17 heavy (non-hydrogen) atoms. The first-order valence-electron chi connectivity index (χ1n) is 4.97. The molecule has 6 heteroatoms. The van der Waals surface area contributed by atoms with Crippen LogP contribution in [0.1, 0.15) is 17.0 Å². The smallest absolute Gasteiger partial charge is 0.108 e. The standard InChI is InChI=1S/C11H11IN4S/c1-6-3-9(16-5-8(12)4-14-16)10(11(13)17)7(2)15-6/h3-5H,1-2H3,(H2,13,17). The van der Waals surface area contributed by atoms with Gasteiger partial charge in [0.2, 0.25) is 0 Å². The van der Waals surface area contributed by atoms with Crippen molar-refractivity contribution in [2.45, 2.75) is 13.8 Å². The number of pyridine rings is 1.